The molecule has 0 heterocycles. The predicted octanol–water partition coefficient (Wildman–Crippen LogP) is 5.81. The first-order chi connectivity index (χ1) is 14.6. The van der Waals surface area contributed by atoms with E-state index < -0.39 is 23.5 Å². The Kier molecular flexibility index (Phi) is 11.2. The van der Waals surface area contributed by atoms with Crippen molar-refractivity contribution in [3.05, 3.63) is 47.1 Å². The maximum Gasteiger partial charge on any atom is 0.306 e. The quantitative estimate of drug-likeness (QED) is 0.306. The van der Waals surface area contributed by atoms with E-state index in [0.29, 0.717) is 6.42 Å². The summed E-state index contributed by atoms with van der Waals surface area (Å²) in [5, 5.41) is 0. The lowest BCUT2D eigenvalue weighted by Gasteiger charge is -2.35. The van der Waals surface area contributed by atoms with Crippen LogP contribution in [0.3, 0.4) is 0 Å². The first-order valence-electron chi connectivity index (χ1n) is 11.0. The number of carbonyl (C=O) groups excluding carboxylic acids is 3. The molecule has 0 N–H and O–H groups in total. The highest BCUT2D eigenvalue weighted by Gasteiger charge is 2.43. The van der Waals surface area contributed by atoms with Gasteiger partial charge in [-0.25, -0.2) is 0 Å². The number of rotatable bonds is 11. The van der Waals surface area contributed by atoms with Crippen molar-refractivity contribution in [1.29, 1.82) is 0 Å². The molecule has 5 heteroatoms. The molecule has 1 aliphatic rings. The third-order valence-corrected chi connectivity index (χ3v) is 5.57. The average Bonchev–Trinajstić information content (AvgIpc) is 2.68. The van der Waals surface area contributed by atoms with Crippen molar-refractivity contribution in [3.8, 4) is 0 Å². The molecular weight excluding hydrogens is 392 g/mol. The lowest BCUT2D eigenvalue weighted by atomic mass is 9.70. The molecule has 0 fully saturated rings. The molecule has 0 saturated carbocycles. The summed E-state index contributed by atoms with van der Waals surface area (Å²) in [4.78, 5) is 36.2. The van der Waals surface area contributed by atoms with Crippen LogP contribution in [0.5, 0.6) is 0 Å². The number of ketones is 1. The molecule has 1 rings (SSSR count). The number of carbonyl (C=O) groups is 3. The van der Waals surface area contributed by atoms with Gasteiger partial charge >= 0.3 is 11.9 Å². The Morgan fingerprint density at radius 2 is 1.65 bits per heavy atom. The molecule has 0 radical (unpaired) electrons. The van der Waals surface area contributed by atoms with Crippen LogP contribution in [-0.2, 0) is 23.9 Å². The van der Waals surface area contributed by atoms with Crippen LogP contribution in [0.25, 0.3) is 0 Å². The topological polar surface area (TPSA) is 69.7 Å². The van der Waals surface area contributed by atoms with E-state index in [1.165, 1.54) is 36.8 Å². The van der Waals surface area contributed by atoms with Crippen molar-refractivity contribution in [3.63, 3.8) is 0 Å². The molecule has 172 valence electrons. The van der Waals surface area contributed by atoms with Crippen molar-refractivity contribution in [2.75, 3.05) is 7.11 Å². The molecule has 0 aromatic rings. The molecule has 0 amide bonds. The van der Waals surface area contributed by atoms with E-state index in [-0.39, 0.29) is 18.6 Å². The second kappa shape index (κ2) is 13.1. The normalized spacial score (nSPS) is 21.6. The maximum absolute atomic E-state index is 12.8. The van der Waals surface area contributed by atoms with Crippen molar-refractivity contribution >= 4 is 17.7 Å². The summed E-state index contributed by atoms with van der Waals surface area (Å²) in [7, 11) is 1.32. The predicted molar refractivity (Wildman–Crippen MR) is 123 cm³/mol. The van der Waals surface area contributed by atoms with Gasteiger partial charge in [0.1, 0.15) is 6.10 Å². The van der Waals surface area contributed by atoms with Gasteiger partial charge in [-0.1, -0.05) is 34.9 Å². The Hall–Kier alpha value is -2.43. The highest BCUT2D eigenvalue weighted by molar-refractivity contribution is 5.98. The minimum atomic E-state index is -0.945. The van der Waals surface area contributed by atoms with Gasteiger partial charge in [0, 0.05) is 13.3 Å². The number of hydrogen-bond acceptors (Lipinski definition) is 5. The number of allylic oxidation sites excluding steroid dienone is 7. The molecule has 1 aliphatic carbocycles. The van der Waals surface area contributed by atoms with Crippen molar-refractivity contribution in [2.24, 2.45) is 5.41 Å². The first-order valence-corrected chi connectivity index (χ1v) is 11.0. The van der Waals surface area contributed by atoms with E-state index in [2.05, 4.69) is 32.9 Å². The molecule has 5 nitrogen and oxygen atoms in total. The van der Waals surface area contributed by atoms with Crippen LogP contribution in [0.2, 0.25) is 0 Å². The van der Waals surface area contributed by atoms with E-state index in [4.69, 9.17) is 9.47 Å². The summed E-state index contributed by atoms with van der Waals surface area (Å²) in [5.41, 5.74) is 2.95. The molecular formula is C26H38O5. The van der Waals surface area contributed by atoms with E-state index in [1.54, 1.807) is 6.08 Å². The maximum atomic E-state index is 12.8. The lowest BCUT2D eigenvalue weighted by molar-refractivity contribution is -0.151. The molecule has 2 unspecified atom stereocenters. The van der Waals surface area contributed by atoms with Crippen LogP contribution in [-0.4, -0.2) is 30.9 Å². The monoisotopic (exact) mass is 430 g/mol. The molecule has 0 aromatic carbocycles. The molecule has 2 atom stereocenters. The van der Waals surface area contributed by atoms with Crippen LogP contribution in [0.1, 0.15) is 79.6 Å². The standard InChI is InChI=1S/C26H38O5/c1-19(2)9-7-10-20(3)11-8-12-21(4)15-16-26(18-25(29)30-6)17-23(31-22(5)27)13-14-24(26)28/h9,11,13-15,23H,7-8,10,12,16-18H2,1-6H3. The van der Waals surface area contributed by atoms with Gasteiger partial charge < -0.3 is 9.47 Å². The van der Waals surface area contributed by atoms with Crippen LogP contribution >= 0.6 is 0 Å². The Morgan fingerprint density at radius 1 is 1.03 bits per heavy atom. The van der Waals surface area contributed by atoms with E-state index in [9.17, 15) is 14.4 Å². The summed E-state index contributed by atoms with van der Waals surface area (Å²) in [6.45, 7) is 9.77. The number of ether oxygens (including phenoxy) is 2. The van der Waals surface area contributed by atoms with Gasteiger partial charge in [-0.2, -0.15) is 0 Å². The molecule has 0 spiro atoms. The minimum absolute atomic E-state index is 0.0302. The van der Waals surface area contributed by atoms with E-state index in [1.807, 2.05) is 13.0 Å². The van der Waals surface area contributed by atoms with Crippen molar-refractivity contribution < 1.29 is 23.9 Å². The van der Waals surface area contributed by atoms with Crippen molar-refractivity contribution in [2.45, 2.75) is 85.7 Å². The van der Waals surface area contributed by atoms with Gasteiger partial charge in [-0.05, 0) is 72.0 Å². The van der Waals surface area contributed by atoms with E-state index >= 15 is 0 Å². The second-order valence-electron chi connectivity index (χ2n) is 8.77. The molecule has 0 aliphatic heterocycles. The zero-order valence-corrected chi connectivity index (χ0v) is 20.0. The van der Waals surface area contributed by atoms with Gasteiger partial charge in [-0.3, -0.25) is 14.4 Å². The average molecular weight is 431 g/mol. The SMILES string of the molecule is COC(=O)CC1(CC=C(C)CCC=C(C)CCC=C(C)C)CC(OC(C)=O)C=CC1=O. The zero-order chi connectivity index (χ0) is 23.4. The van der Waals surface area contributed by atoms with Gasteiger partial charge in [-0.15, -0.1) is 0 Å². The lowest BCUT2D eigenvalue weighted by Crippen LogP contribution is -2.40. The van der Waals surface area contributed by atoms with Gasteiger partial charge in [0.25, 0.3) is 0 Å². The highest BCUT2D eigenvalue weighted by Crippen LogP contribution is 2.39. The molecule has 0 aromatic heterocycles. The van der Waals surface area contributed by atoms with Crippen LogP contribution in [0.15, 0.2) is 47.1 Å². The zero-order valence-electron chi connectivity index (χ0n) is 20.0. The van der Waals surface area contributed by atoms with E-state index in [0.717, 1.165) is 25.7 Å². The summed E-state index contributed by atoms with van der Waals surface area (Å²) in [6, 6.07) is 0. The fourth-order valence-corrected chi connectivity index (χ4v) is 3.69. The number of methoxy groups -OCH3 is 1. The van der Waals surface area contributed by atoms with Gasteiger partial charge in [0.15, 0.2) is 5.78 Å². The highest BCUT2D eigenvalue weighted by atomic mass is 16.5. The third kappa shape index (κ3) is 9.95. The third-order valence-electron chi connectivity index (χ3n) is 5.57. The fraction of sp³-hybridized carbons (Fsp3) is 0.577. The molecule has 0 bridgehead atoms. The van der Waals surface area contributed by atoms with Gasteiger partial charge in [0.2, 0.25) is 0 Å². The summed E-state index contributed by atoms with van der Waals surface area (Å²) in [5.74, 6) is -0.971. The Labute approximate surface area is 187 Å². The van der Waals surface area contributed by atoms with Crippen LogP contribution < -0.4 is 0 Å². The Balaban J connectivity index is 2.81. The second-order valence-corrected chi connectivity index (χ2v) is 8.77. The fourth-order valence-electron chi connectivity index (χ4n) is 3.69. The van der Waals surface area contributed by atoms with Crippen LogP contribution in [0, 0.1) is 5.41 Å². The van der Waals surface area contributed by atoms with Gasteiger partial charge in [0.05, 0.1) is 18.9 Å². The number of esters is 2. The first kappa shape index (κ1) is 26.6. The smallest absolute Gasteiger partial charge is 0.306 e. The Bertz CT molecular complexity index is 765. The minimum Gasteiger partial charge on any atom is -0.469 e. The number of hydrogen-bond donors (Lipinski definition) is 0. The molecule has 31 heavy (non-hydrogen) atoms. The Morgan fingerprint density at radius 3 is 2.23 bits per heavy atom. The van der Waals surface area contributed by atoms with Crippen molar-refractivity contribution in [1.82, 2.24) is 0 Å². The summed E-state index contributed by atoms with van der Waals surface area (Å²) in [6.07, 6.45) is 13.7. The van der Waals surface area contributed by atoms with Crippen LogP contribution in [0.4, 0.5) is 0 Å². The summed E-state index contributed by atoms with van der Waals surface area (Å²) < 4.78 is 10.1. The largest absolute Gasteiger partial charge is 0.469 e. The molecule has 0 saturated heterocycles. The summed E-state index contributed by atoms with van der Waals surface area (Å²) >= 11 is 0.